The molecule has 8 aromatic carbocycles. The molecule has 0 heterocycles. The van der Waals surface area contributed by atoms with Crippen LogP contribution in [0.15, 0.2) is 146 Å². The van der Waals surface area contributed by atoms with Gasteiger partial charge in [-0.3, -0.25) is 0 Å². The Morgan fingerprint density at radius 2 is 0.815 bits per heavy atom. The molecule has 8 aromatic rings. The van der Waals surface area contributed by atoms with Gasteiger partial charge in [0, 0.05) is 33.5 Å². The Morgan fingerprint density at radius 1 is 0.463 bits per heavy atom. The highest BCUT2D eigenvalue weighted by Crippen LogP contribution is 2.48. The van der Waals surface area contributed by atoms with Crippen molar-refractivity contribution in [3.05, 3.63) is 174 Å². The molecule has 0 aliphatic heterocycles. The number of nitriles is 1. The average molecular weight is 699 g/mol. The zero-order valence-corrected chi connectivity index (χ0v) is 31.6. The molecule has 4 heteroatoms. The number of anilines is 6. The molecule has 0 aliphatic carbocycles. The zero-order chi connectivity index (χ0) is 37.8. The fourth-order valence-corrected chi connectivity index (χ4v) is 7.60. The zero-order valence-electron chi connectivity index (χ0n) is 31.6. The molecule has 0 N–H and O–H groups in total. The van der Waals surface area contributed by atoms with Crippen LogP contribution in [0.5, 0.6) is 0 Å². The fourth-order valence-electron chi connectivity index (χ4n) is 7.60. The standard InChI is InChI=1S/C50H42N4/c1-49(2,3)36-14-22-40(23-15-36)53(39-20-8-33(32-51)9-21-39)45-30-12-34-11-29-44-46(31-13-35-10-28-43(45)47(34)48(35)44)54(42-26-18-38(52-7)19-27-42)41-24-16-37(17-25-41)50(4,5)6/h8-31H,1-6H3. The summed E-state index contributed by atoms with van der Waals surface area (Å²) in [5, 5.41) is 16.7. The van der Waals surface area contributed by atoms with Crippen molar-refractivity contribution in [2.45, 2.75) is 52.4 Å². The summed E-state index contributed by atoms with van der Waals surface area (Å²) in [6.07, 6.45) is 0. The van der Waals surface area contributed by atoms with E-state index in [0.29, 0.717) is 11.3 Å². The van der Waals surface area contributed by atoms with Crippen LogP contribution in [0.3, 0.4) is 0 Å². The van der Waals surface area contributed by atoms with Crippen LogP contribution >= 0.6 is 0 Å². The molecule has 0 saturated carbocycles. The number of rotatable bonds is 6. The van der Waals surface area contributed by atoms with Gasteiger partial charge in [0.15, 0.2) is 5.69 Å². The second kappa shape index (κ2) is 13.1. The minimum atomic E-state index is 0.0318. The van der Waals surface area contributed by atoms with Gasteiger partial charge >= 0.3 is 0 Å². The third kappa shape index (κ3) is 6.07. The van der Waals surface area contributed by atoms with Crippen LogP contribution in [-0.2, 0) is 10.8 Å². The summed E-state index contributed by atoms with van der Waals surface area (Å²) in [5.74, 6) is 0. The number of nitrogens with zero attached hydrogens (tertiary/aromatic N) is 4. The van der Waals surface area contributed by atoms with Crippen molar-refractivity contribution in [2.75, 3.05) is 9.80 Å². The summed E-state index contributed by atoms with van der Waals surface area (Å²) in [6, 6.07) is 53.6. The molecular formula is C50H42N4. The van der Waals surface area contributed by atoms with E-state index in [-0.39, 0.29) is 10.8 Å². The van der Waals surface area contributed by atoms with Crippen LogP contribution in [0, 0.1) is 17.9 Å². The Bertz CT molecular complexity index is 2520. The van der Waals surface area contributed by atoms with Gasteiger partial charge in [-0.2, -0.15) is 5.26 Å². The van der Waals surface area contributed by atoms with E-state index in [4.69, 9.17) is 6.57 Å². The Hall–Kier alpha value is -6.62. The molecule has 0 saturated heterocycles. The van der Waals surface area contributed by atoms with Crippen LogP contribution in [0.4, 0.5) is 39.8 Å². The lowest BCUT2D eigenvalue weighted by Crippen LogP contribution is -2.14. The molecule has 0 aliphatic rings. The van der Waals surface area contributed by atoms with Gasteiger partial charge in [0.05, 0.1) is 29.6 Å². The topological polar surface area (TPSA) is 34.6 Å². The maximum Gasteiger partial charge on any atom is 0.187 e. The van der Waals surface area contributed by atoms with E-state index in [2.05, 4.69) is 159 Å². The smallest absolute Gasteiger partial charge is 0.187 e. The van der Waals surface area contributed by atoms with E-state index < -0.39 is 0 Å². The van der Waals surface area contributed by atoms with Crippen LogP contribution in [-0.4, -0.2) is 0 Å². The van der Waals surface area contributed by atoms with Crippen LogP contribution < -0.4 is 9.80 Å². The Labute approximate surface area is 318 Å². The van der Waals surface area contributed by atoms with E-state index in [1.54, 1.807) is 0 Å². The summed E-state index contributed by atoms with van der Waals surface area (Å²) < 4.78 is 0. The first kappa shape index (κ1) is 34.5. The third-order valence-electron chi connectivity index (χ3n) is 10.6. The van der Waals surface area contributed by atoms with Gasteiger partial charge < -0.3 is 9.80 Å². The van der Waals surface area contributed by atoms with Crippen molar-refractivity contribution in [1.82, 2.24) is 0 Å². The van der Waals surface area contributed by atoms with Gasteiger partial charge in [0.1, 0.15) is 0 Å². The molecule has 0 radical (unpaired) electrons. The third-order valence-corrected chi connectivity index (χ3v) is 10.6. The molecule has 0 aromatic heterocycles. The summed E-state index contributed by atoms with van der Waals surface area (Å²) in [7, 11) is 0. The van der Waals surface area contributed by atoms with Crippen LogP contribution in [0.1, 0.15) is 58.2 Å². The van der Waals surface area contributed by atoms with Crippen molar-refractivity contribution in [1.29, 1.82) is 5.26 Å². The lowest BCUT2D eigenvalue weighted by Gasteiger charge is -2.30. The Balaban J connectivity index is 1.36. The molecule has 8 rings (SSSR count). The molecular weight excluding hydrogens is 657 g/mol. The van der Waals surface area contributed by atoms with Gasteiger partial charge in [-0.05, 0) is 116 Å². The van der Waals surface area contributed by atoms with Crippen molar-refractivity contribution in [2.24, 2.45) is 0 Å². The number of hydrogen-bond donors (Lipinski definition) is 0. The Morgan fingerprint density at radius 3 is 1.17 bits per heavy atom. The lowest BCUT2D eigenvalue weighted by molar-refractivity contribution is 0.590. The number of hydrogen-bond acceptors (Lipinski definition) is 3. The second-order valence-electron chi connectivity index (χ2n) is 16.1. The van der Waals surface area contributed by atoms with Gasteiger partial charge in [-0.1, -0.05) is 114 Å². The molecule has 0 bridgehead atoms. The first-order valence-corrected chi connectivity index (χ1v) is 18.4. The predicted molar refractivity (Wildman–Crippen MR) is 228 cm³/mol. The minimum Gasteiger partial charge on any atom is -0.310 e. The minimum absolute atomic E-state index is 0.0318. The summed E-state index contributed by atoms with van der Waals surface area (Å²) >= 11 is 0. The van der Waals surface area contributed by atoms with Crippen LogP contribution in [0.25, 0.3) is 37.2 Å². The largest absolute Gasteiger partial charge is 0.310 e. The van der Waals surface area contributed by atoms with E-state index in [1.165, 1.54) is 32.7 Å². The molecule has 0 amide bonds. The number of benzene rings is 8. The quantitative estimate of drug-likeness (QED) is 0.128. The molecule has 4 nitrogen and oxygen atoms in total. The lowest BCUT2D eigenvalue weighted by atomic mass is 9.87. The summed E-state index contributed by atoms with van der Waals surface area (Å²) in [5.41, 5.74) is 10.1. The normalized spacial score (nSPS) is 11.9. The molecule has 262 valence electrons. The maximum atomic E-state index is 9.60. The monoisotopic (exact) mass is 698 g/mol. The second-order valence-corrected chi connectivity index (χ2v) is 16.1. The van der Waals surface area contributed by atoms with Crippen molar-refractivity contribution in [3.8, 4) is 6.07 Å². The van der Waals surface area contributed by atoms with E-state index in [1.807, 2.05) is 48.5 Å². The molecule has 0 spiro atoms. The Kier molecular flexibility index (Phi) is 8.36. The maximum absolute atomic E-state index is 9.60. The van der Waals surface area contributed by atoms with Gasteiger partial charge in [-0.25, -0.2) is 4.85 Å². The molecule has 0 fully saturated rings. The summed E-state index contributed by atoms with van der Waals surface area (Å²) in [6.45, 7) is 21.0. The molecule has 54 heavy (non-hydrogen) atoms. The van der Waals surface area contributed by atoms with E-state index in [9.17, 15) is 5.26 Å². The van der Waals surface area contributed by atoms with Crippen LogP contribution in [0.2, 0.25) is 0 Å². The van der Waals surface area contributed by atoms with E-state index in [0.717, 1.165) is 44.9 Å². The fraction of sp³-hybridized carbons (Fsp3) is 0.160. The van der Waals surface area contributed by atoms with Gasteiger partial charge in [0.2, 0.25) is 0 Å². The van der Waals surface area contributed by atoms with Crippen molar-refractivity contribution < 1.29 is 0 Å². The predicted octanol–water partition coefficient (Wildman–Crippen LogP) is 14.5. The molecule has 0 atom stereocenters. The SMILES string of the molecule is [C-]#[N+]c1ccc(N(c2ccc(C(C)(C)C)cc2)c2ccc3ccc4c(N(c5ccc(C#N)cc5)c5ccc(C(C)(C)C)cc5)ccc5ccc2c3c54)cc1. The highest BCUT2D eigenvalue weighted by atomic mass is 15.1. The molecule has 0 unspecified atom stereocenters. The highest BCUT2D eigenvalue weighted by molar-refractivity contribution is 6.28. The van der Waals surface area contributed by atoms with Crippen molar-refractivity contribution >= 4 is 72.1 Å². The van der Waals surface area contributed by atoms with Crippen molar-refractivity contribution in [3.63, 3.8) is 0 Å². The van der Waals surface area contributed by atoms with Gasteiger partial charge in [0.25, 0.3) is 0 Å². The van der Waals surface area contributed by atoms with Gasteiger partial charge in [-0.15, -0.1) is 0 Å². The van der Waals surface area contributed by atoms with E-state index >= 15 is 0 Å². The first-order valence-electron chi connectivity index (χ1n) is 18.4. The average Bonchev–Trinajstić information content (AvgIpc) is 3.18. The summed E-state index contributed by atoms with van der Waals surface area (Å²) in [4.78, 5) is 8.28. The highest BCUT2D eigenvalue weighted by Gasteiger charge is 2.23. The first-order chi connectivity index (χ1) is 25.9.